The van der Waals surface area contributed by atoms with Gasteiger partial charge in [-0.05, 0) is 46.8 Å². The molecular formula is C16H12N4O4. The van der Waals surface area contributed by atoms with E-state index in [1.165, 1.54) is 42.4 Å². The summed E-state index contributed by atoms with van der Waals surface area (Å²) in [5, 5.41) is 10.9. The van der Waals surface area contributed by atoms with Gasteiger partial charge in [-0.2, -0.15) is 4.68 Å². The Morgan fingerprint density at radius 1 is 1.00 bits per heavy atom. The van der Waals surface area contributed by atoms with Crippen molar-refractivity contribution in [3.8, 4) is 11.4 Å². The van der Waals surface area contributed by atoms with Crippen LogP contribution in [-0.2, 0) is 4.74 Å². The third-order valence-corrected chi connectivity index (χ3v) is 3.21. The summed E-state index contributed by atoms with van der Waals surface area (Å²) in [5.74, 6) is -0.719. The van der Waals surface area contributed by atoms with Gasteiger partial charge >= 0.3 is 11.9 Å². The van der Waals surface area contributed by atoms with E-state index in [2.05, 4.69) is 20.3 Å². The number of methoxy groups -OCH3 is 1. The van der Waals surface area contributed by atoms with Gasteiger partial charge in [0.2, 0.25) is 0 Å². The number of tetrazole rings is 1. The zero-order valence-corrected chi connectivity index (χ0v) is 12.6. The number of nitrogens with zero attached hydrogens (tertiary/aromatic N) is 4. The van der Waals surface area contributed by atoms with Crippen molar-refractivity contribution in [3.63, 3.8) is 0 Å². The highest BCUT2D eigenvalue weighted by molar-refractivity contribution is 5.95. The molecule has 1 heterocycles. The van der Waals surface area contributed by atoms with E-state index in [9.17, 15) is 9.59 Å². The third kappa shape index (κ3) is 3.12. The number of ether oxygens (including phenoxy) is 2. The fourth-order valence-corrected chi connectivity index (χ4v) is 2.06. The second-order valence-electron chi connectivity index (χ2n) is 4.68. The van der Waals surface area contributed by atoms with E-state index in [0.29, 0.717) is 22.6 Å². The fraction of sp³-hybridized carbons (Fsp3) is 0.0625. The molecule has 2 aromatic carbocycles. The molecule has 0 saturated heterocycles. The first-order valence-electron chi connectivity index (χ1n) is 6.92. The van der Waals surface area contributed by atoms with Gasteiger partial charge < -0.3 is 9.47 Å². The van der Waals surface area contributed by atoms with E-state index in [4.69, 9.17) is 4.74 Å². The largest absolute Gasteiger partial charge is 0.465 e. The van der Waals surface area contributed by atoms with Crippen LogP contribution >= 0.6 is 0 Å². The number of rotatable bonds is 4. The Morgan fingerprint density at radius 2 is 1.75 bits per heavy atom. The molecule has 0 saturated carbocycles. The second kappa shape index (κ2) is 6.69. The zero-order valence-electron chi connectivity index (χ0n) is 12.6. The maximum atomic E-state index is 12.4. The van der Waals surface area contributed by atoms with Gasteiger partial charge in [-0.25, -0.2) is 9.59 Å². The minimum absolute atomic E-state index is 0.305. The minimum atomic E-state index is -0.563. The van der Waals surface area contributed by atoms with Crippen LogP contribution in [-0.4, -0.2) is 39.3 Å². The number of para-hydroxylation sites is 1. The van der Waals surface area contributed by atoms with Crippen molar-refractivity contribution in [1.82, 2.24) is 20.2 Å². The van der Waals surface area contributed by atoms with E-state index >= 15 is 0 Å². The maximum Gasteiger partial charge on any atom is 0.345 e. The summed E-state index contributed by atoms with van der Waals surface area (Å²) < 4.78 is 11.3. The molecule has 0 bridgehead atoms. The van der Waals surface area contributed by atoms with Crippen LogP contribution in [0.3, 0.4) is 0 Å². The van der Waals surface area contributed by atoms with E-state index in [-0.39, 0.29) is 0 Å². The molecule has 3 aromatic rings. The lowest BCUT2D eigenvalue weighted by atomic mass is 10.2. The number of benzene rings is 2. The van der Waals surface area contributed by atoms with Crippen molar-refractivity contribution < 1.29 is 19.1 Å². The van der Waals surface area contributed by atoms with Crippen molar-refractivity contribution in [2.75, 3.05) is 7.11 Å². The molecule has 120 valence electrons. The molecule has 8 nitrogen and oxygen atoms in total. The molecule has 0 spiro atoms. The van der Waals surface area contributed by atoms with Crippen molar-refractivity contribution in [1.29, 1.82) is 0 Å². The van der Waals surface area contributed by atoms with Crippen LogP contribution in [0.5, 0.6) is 5.75 Å². The van der Waals surface area contributed by atoms with Crippen molar-refractivity contribution in [2.45, 2.75) is 0 Å². The summed E-state index contributed by atoms with van der Waals surface area (Å²) in [5.41, 5.74) is 1.17. The number of esters is 2. The summed E-state index contributed by atoms with van der Waals surface area (Å²) in [6.07, 6.45) is 1.39. The molecule has 0 amide bonds. The van der Waals surface area contributed by atoms with Crippen LogP contribution < -0.4 is 4.74 Å². The predicted molar refractivity (Wildman–Crippen MR) is 81.9 cm³/mol. The first-order valence-corrected chi connectivity index (χ1v) is 6.92. The van der Waals surface area contributed by atoms with Gasteiger partial charge in [0.1, 0.15) is 12.1 Å². The molecule has 8 heteroatoms. The summed E-state index contributed by atoms with van der Waals surface area (Å²) in [7, 11) is 1.30. The summed E-state index contributed by atoms with van der Waals surface area (Å²) in [6.45, 7) is 0. The topological polar surface area (TPSA) is 96.2 Å². The Bertz CT molecular complexity index is 860. The summed E-state index contributed by atoms with van der Waals surface area (Å²) >= 11 is 0. The predicted octanol–water partition coefficient (Wildman–Crippen LogP) is 1.67. The van der Waals surface area contributed by atoms with Gasteiger partial charge in [0, 0.05) is 0 Å². The number of carbonyl (C=O) groups excluding carboxylic acids is 2. The van der Waals surface area contributed by atoms with Crippen molar-refractivity contribution in [2.24, 2.45) is 0 Å². The van der Waals surface area contributed by atoms with Crippen LogP contribution in [0.15, 0.2) is 54.9 Å². The number of hydrogen-bond donors (Lipinski definition) is 0. The maximum absolute atomic E-state index is 12.4. The Balaban J connectivity index is 1.82. The summed E-state index contributed by atoms with van der Waals surface area (Å²) in [6, 6.07) is 12.9. The van der Waals surface area contributed by atoms with Gasteiger partial charge in [0.15, 0.2) is 0 Å². The van der Waals surface area contributed by atoms with Crippen LogP contribution in [0.4, 0.5) is 0 Å². The van der Waals surface area contributed by atoms with Crippen LogP contribution in [0.25, 0.3) is 5.69 Å². The first-order chi connectivity index (χ1) is 11.7. The van der Waals surface area contributed by atoms with Crippen molar-refractivity contribution >= 4 is 11.9 Å². The number of carbonyl (C=O) groups is 2. The fourth-order valence-electron chi connectivity index (χ4n) is 2.06. The number of aromatic nitrogens is 4. The van der Waals surface area contributed by atoms with Crippen molar-refractivity contribution in [3.05, 3.63) is 66.0 Å². The minimum Gasteiger partial charge on any atom is -0.465 e. The second-order valence-corrected chi connectivity index (χ2v) is 4.68. The van der Waals surface area contributed by atoms with Crippen LogP contribution in [0.1, 0.15) is 20.7 Å². The normalized spacial score (nSPS) is 10.2. The van der Waals surface area contributed by atoms with Gasteiger partial charge in [-0.3, -0.25) is 0 Å². The standard InChI is InChI=1S/C16H12N4O4/c1-23-15(21)11-6-8-12(9-7-11)24-16(22)13-4-2-3-5-14(13)20-10-17-18-19-20/h2-10H,1H3. The van der Waals surface area contributed by atoms with E-state index < -0.39 is 11.9 Å². The van der Waals surface area contributed by atoms with E-state index in [1.54, 1.807) is 24.3 Å². The van der Waals surface area contributed by atoms with E-state index in [1.807, 2.05) is 0 Å². The Morgan fingerprint density at radius 3 is 2.42 bits per heavy atom. The molecule has 0 N–H and O–H groups in total. The highest BCUT2D eigenvalue weighted by Crippen LogP contribution is 2.18. The SMILES string of the molecule is COC(=O)c1ccc(OC(=O)c2ccccc2-n2cnnn2)cc1. The molecule has 0 aliphatic heterocycles. The van der Waals surface area contributed by atoms with Crippen LogP contribution in [0, 0.1) is 0 Å². The molecule has 0 atom stereocenters. The molecule has 0 aliphatic carbocycles. The lowest BCUT2D eigenvalue weighted by molar-refractivity contribution is 0.0600. The van der Waals surface area contributed by atoms with Gasteiger partial charge in [-0.1, -0.05) is 12.1 Å². The molecule has 1 aromatic heterocycles. The van der Waals surface area contributed by atoms with Gasteiger partial charge in [0.05, 0.1) is 23.9 Å². The highest BCUT2D eigenvalue weighted by Gasteiger charge is 2.16. The quantitative estimate of drug-likeness (QED) is 0.532. The molecule has 0 aliphatic rings. The lowest BCUT2D eigenvalue weighted by Gasteiger charge is -2.08. The average Bonchev–Trinajstić information content (AvgIpc) is 3.16. The Labute approximate surface area is 136 Å². The monoisotopic (exact) mass is 324 g/mol. The molecular weight excluding hydrogens is 312 g/mol. The van der Waals surface area contributed by atoms with Crippen LogP contribution in [0.2, 0.25) is 0 Å². The van der Waals surface area contributed by atoms with Gasteiger partial charge in [-0.15, -0.1) is 5.10 Å². The Hall–Kier alpha value is -3.55. The molecule has 0 unspecified atom stereocenters. The first kappa shape index (κ1) is 15.3. The summed E-state index contributed by atoms with van der Waals surface area (Å²) in [4.78, 5) is 23.8. The third-order valence-electron chi connectivity index (χ3n) is 3.21. The molecule has 0 fully saturated rings. The number of hydrogen-bond acceptors (Lipinski definition) is 7. The van der Waals surface area contributed by atoms with Gasteiger partial charge in [0.25, 0.3) is 0 Å². The zero-order chi connectivity index (χ0) is 16.9. The lowest BCUT2D eigenvalue weighted by Crippen LogP contribution is -2.13. The van der Waals surface area contributed by atoms with E-state index in [0.717, 1.165) is 0 Å². The smallest absolute Gasteiger partial charge is 0.345 e. The Kier molecular flexibility index (Phi) is 4.28. The molecule has 24 heavy (non-hydrogen) atoms. The average molecular weight is 324 g/mol. The molecule has 0 radical (unpaired) electrons. The highest BCUT2D eigenvalue weighted by atomic mass is 16.5. The molecule has 3 rings (SSSR count).